The van der Waals surface area contributed by atoms with Crippen molar-refractivity contribution in [1.29, 1.82) is 0 Å². The maximum atomic E-state index is 13.9. The van der Waals surface area contributed by atoms with Crippen LogP contribution in [0.4, 0.5) is 10.1 Å². The van der Waals surface area contributed by atoms with Crippen LogP contribution in [0.5, 0.6) is 0 Å². The second-order valence-electron chi connectivity index (χ2n) is 9.30. The van der Waals surface area contributed by atoms with E-state index in [-0.39, 0.29) is 57.7 Å². The number of hydrogen-bond donors (Lipinski definition) is 3. The fourth-order valence-electron chi connectivity index (χ4n) is 5.75. The number of halogens is 1. The van der Waals surface area contributed by atoms with Gasteiger partial charge in [0.2, 0.25) is 0 Å². The first-order valence-electron chi connectivity index (χ1n) is 11.3. The number of fused-ring (bicyclic) bond motifs is 6. The Balaban J connectivity index is 1.48. The average Bonchev–Trinajstić information content (AvgIpc) is 3.45. The molecule has 0 spiro atoms. The zero-order chi connectivity index (χ0) is 25.4. The molecule has 0 saturated heterocycles. The zero-order valence-corrected chi connectivity index (χ0v) is 19.5. The van der Waals surface area contributed by atoms with Gasteiger partial charge >= 0.3 is 0 Å². The van der Waals surface area contributed by atoms with Crippen LogP contribution in [0.2, 0.25) is 0 Å². The molecule has 2 aromatic rings. The number of primary amides is 1. The summed E-state index contributed by atoms with van der Waals surface area (Å²) in [5.74, 6) is -3.02. The van der Waals surface area contributed by atoms with Crippen molar-refractivity contribution < 1.29 is 27.5 Å². The quantitative estimate of drug-likeness (QED) is 0.542. The van der Waals surface area contributed by atoms with Crippen molar-refractivity contribution >= 4 is 33.4 Å². The van der Waals surface area contributed by atoms with Gasteiger partial charge in [0, 0.05) is 18.5 Å². The minimum atomic E-state index is -4.34. The molecule has 1 fully saturated rings. The van der Waals surface area contributed by atoms with E-state index in [4.69, 9.17) is 5.73 Å². The van der Waals surface area contributed by atoms with Crippen molar-refractivity contribution in [2.45, 2.75) is 23.9 Å². The van der Waals surface area contributed by atoms with Crippen LogP contribution >= 0.6 is 0 Å². The Labute approximate surface area is 205 Å². The molecule has 9 nitrogen and oxygen atoms in total. The summed E-state index contributed by atoms with van der Waals surface area (Å²) in [5, 5.41) is 14.1. The Morgan fingerprint density at radius 3 is 2.67 bits per heavy atom. The number of nitrogens with one attached hydrogen (secondary N) is 1. The minimum absolute atomic E-state index is 0.0239. The number of aliphatic hydroxyl groups is 1. The fraction of sp³-hybridized carbons (Fsp3) is 0.240. The van der Waals surface area contributed by atoms with E-state index in [1.165, 1.54) is 18.2 Å². The molecule has 36 heavy (non-hydrogen) atoms. The molecule has 2 amide bonds. The number of nitrogens with zero attached hydrogens (tertiary/aromatic N) is 2. The predicted octanol–water partition coefficient (Wildman–Crippen LogP) is 2.28. The van der Waals surface area contributed by atoms with Crippen molar-refractivity contribution in [2.75, 3.05) is 5.32 Å². The number of anilines is 1. The molecule has 4 aliphatic rings. The summed E-state index contributed by atoms with van der Waals surface area (Å²) < 4.78 is 43.3. The van der Waals surface area contributed by atoms with Gasteiger partial charge in [-0.05, 0) is 54.2 Å². The number of hydrogen-bond acceptors (Lipinski definition) is 6. The SMILES string of the molecule is NC(=O)c1c[c]cc2c1NC(C1=C(O)C3C4C=CC(C4)C3N(Cc3ccc(F)cc3)C1=O)=NS2(=O)=O. The lowest BCUT2D eigenvalue weighted by Crippen LogP contribution is -2.53. The highest BCUT2D eigenvalue weighted by molar-refractivity contribution is 7.90. The molecule has 2 aliphatic heterocycles. The first kappa shape index (κ1) is 22.5. The number of nitrogens with two attached hydrogens (primary N) is 1. The molecule has 11 heteroatoms. The van der Waals surface area contributed by atoms with E-state index in [2.05, 4.69) is 15.8 Å². The van der Waals surface area contributed by atoms with Crippen LogP contribution in [0, 0.1) is 29.6 Å². The van der Waals surface area contributed by atoms with E-state index < -0.39 is 33.6 Å². The third-order valence-corrected chi connectivity index (χ3v) is 8.58. The second-order valence-corrected chi connectivity index (χ2v) is 10.9. The molecule has 4 atom stereocenters. The molecule has 2 heterocycles. The van der Waals surface area contributed by atoms with Gasteiger partial charge in [-0.15, -0.1) is 4.40 Å². The summed E-state index contributed by atoms with van der Waals surface area (Å²) in [6, 6.07) is 10.4. The van der Waals surface area contributed by atoms with Crippen molar-refractivity contribution in [3.8, 4) is 0 Å². The monoisotopic (exact) mass is 507 g/mol. The number of amidine groups is 1. The molecular weight excluding hydrogens is 487 g/mol. The lowest BCUT2D eigenvalue weighted by Gasteiger charge is -2.42. The lowest BCUT2D eigenvalue weighted by atomic mass is 9.80. The van der Waals surface area contributed by atoms with Crippen LogP contribution in [0.15, 0.2) is 69.2 Å². The third-order valence-electron chi connectivity index (χ3n) is 7.28. The predicted molar refractivity (Wildman–Crippen MR) is 127 cm³/mol. The van der Waals surface area contributed by atoms with Gasteiger partial charge in [0.15, 0.2) is 5.84 Å². The Kier molecular flexibility index (Phi) is 4.84. The largest absolute Gasteiger partial charge is 0.511 e. The Morgan fingerprint density at radius 2 is 1.94 bits per heavy atom. The van der Waals surface area contributed by atoms with E-state index in [9.17, 15) is 27.5 Å². The van der Waals surface area contributed by atoms with Crippen LogP contribution < -0.4 is 11.1 Å². The average molecular weight is 508 g/mol. The van der Waals surface area contributed by atoms with Crippen LogP contribution in [0.25, 0.3) is 0 Å². The van der Waals surface area contributed by atoms with E-state index in [0.29, 0.717) is 5.56 Å². The Hall–Kier alpha value is -3.99. The second kappa shape index (κ2) is 7.76. The summed E-state index contributed by atoms with van der Waals surface area (Å²) in [6.07, 6.45) is 4.76. The maximum absolute atomic E-state index is 13.9. The minimum Gasteiger partial charge on any atom is -0.511 e. The van der Waals surface area contributed by atoms with Gasteiger partial charge in [-0.1, -0.05) is 24.3 Å². The normalized spacial score (nSPS) is 27.4. The topological polar surface area (TPSA) is 142 Å². The number of allylic oxidation sites excluding steroid dienone is 1. The lowest BCUT2D eigenvalue weighted by molar-refractivity contribution is -0.133. The number of carbonyl (C=O) groups is 2. The first-order chi connectivity index (χ1) is 17.2. The molecule has 4 N–H and O–H groups in total. The van der Waals surface area contributed by atoms with Crippen molar-refractivity contribution in [3.05, 3.63) is 82.9 Å². The zero-order valence-electron chi connectivity index (χ0n) is 18.7. The molecule has 0 aromatic heterocycles. The number of benzene rings is 2. The Bertz CT molecular complexity index is 1530. The number of amides is 2. The van der Waals surface area contributed by atoms with Crippen LogP contribution in [0.3, 0.4) is 0 Å². The highest BCUT2D eigenvalue weighted by Gasteiger charge is 2.55. The summed E-state index contributed by atoms with van der Waals surface area (Å²) >= 11 is 0. The molecule has 6 rings (SSSR count). The third kappa shape index (κ3) is 3.26. The van der Waals surface area contributed by atoms with E-state index in [0.717, 1.165) is 12.5 Å². The number of rotatable bonds is 4. The maximum Gasteiger partial charge on any atom is 0.286 e. The van der Waals surface area contributed by atoms with E-state index in [1.54, 1.807) is 17.0 Å². The van der Waals surface area contributed by atoms with Crippen LogP contribution in [-0.2, 0) is 21.4 Å². The van der Waals surface area contributed by atoms with Crippen LogP contribution in [0.1, 0.15) is 22.3 Å². The van der Waals surface area contributed by atoms with Gasteiger partial charge in [-0.25, -0.2) is 4.39 Å². The molecule has 1 saturated carbocycles. The van der Waals surface area contributed by atoms with Gasteiger partial charge in [0.05, 0.1) is 11.3 Å². The summed E-state index contributed by atoms with van der Waals surface area (Å²) in [4.78, 5) is 27.1. The van der Waals surface area contributed by atoms with Gasteiger partial charge in [-0.2, -0.15) is 8.42 Å². The first-order valence-corrected chi connectivity index (χ1v) is 12.7. The molecule has 2 aromatic carbocycles. The summed E-state index contributed by atoms with van der Waals surface area (Å²) in [6.45, 7) is 0.131. The van der Waals surface area contributed by atoms with Gasteiger partial charge < -0.3 is 21.1 Å². The number of sulfonamides is 1. The van der Waals surface area contributed by atoms with E-state index >= 15 is 0 Å². The standard InChI is InChI=1S/C25H20FN4O5S/c26-15-8-4-12(5-9-15)11-30-21-14-7-6-13(10-14)18(21)22(31)19(25(30)33)24-28-20-16(23(27)32)2-1-3-17(20)36(34,35)29-24/h2-9,13-14,18,21,31H,10-11H2,(H2,27,32)(H,28,29). The summed E-state index contributed by atoms with van der Waals surface area (Å²) in [7, 11) is -4.34. The van der Waals surface area contributed by atoms with Crippen molar-refractivity contribution in [2.24, 2.45) is 27.9 Å². The highest BCUT2D eigenvalue weighted by atomic mass is 32.2. The van der Waals surface area contributed by atoms with Crippen LogP contribution in [-0.4, -0.2) is 42.1 Å². The number of carbonyl (C=O) groups excluding carboxylic acids is 2. The van der Waals surface area contributed by atoms with E-state index in [1.807, 2.05) is 12.2 Å². The number of aliphatic hydroxyl groups excluding tert-OH is 1. The molecular formula is C25H20FN4O5S. The van der Waals surface area contributed by atoms with Gasteiger partial charge in [0.25, 0.3) is 21.8 Å². The van der Waals surface area contributed by atoms with Crippen molar-refractivity contribution in [3.63, 3.8) is 0 Å². The molecule has 1 radical (unpaired) electrons. The smallest absolute Gasteiger partial charge is 0.286 e. The molecule has 4 unspecified atom stereocenters. The highest BCUT2D eigenvalue weighted by Crippen LogP contribution is 2.52. The summed E-state index contributed by atoms with van der Waals surface area (Å²) in [5.41, 5.74) is 5.56. The Morgan fingerprint density at radius 1 is 1.22 bits per heavy atom. The molecule has 2 aliphatic carbocycles. The molecule has 183 valence electrons. The van der Waals surface area contributed by atoms with Gasteiger partial charge in [-0.3, -0.25) is 9.59 Å². The molecule has 2 bridgehead atoms. The van der Waals surface area contributed by atoms with Crippen molar-refractivity contribution in [1.82, 2.24) is 4.90 Å². The van der Waals surface area contributed by atoms with Gasteiger partial charge in [0.1, 0.15) is 22.0 Å². The fourth-order valence-corrected chi connectivity index (χ4v) is 6.86.